The second-order valence-corrected chi connectivity index (χ2v) is 8.06. The van der Waals surface area contributed by atoms with Crippen LogP contribution in [-0.4, -0.2) is 22.1 Å². The van der Waals surface area contributed by atoms with Gasteiger partial charge in [0.05, 0.1) is 0 Å². The number of aromatic nitrogens is 1. The smallest absolute Gasteiger partial charge is 0.334 e. The van der Waals surface area contributed by atoms with Crippen LogP contribution in [0.15, 0.2) is 79.1 Å². The molecule has 3 rings (SSSR count). The number of nitrogens with zero attached hydrogens (tertiary/aromatic N) is 1. The molecule has 0 bridgehead atoms. The third-order valence-electron chi connectivity index (χ3n) is 5.11. The number of anilines is 1. The maximum atomic E-state index is 12.8. The number of pyridine rings is 1. The van der Waals surface area contributed by atoms with Crippen LogP contribution >= 0.6 is 0 Å². The molecule has 0 saturated heterocycles. The van der Waals surface area contributed by atoms with Crippen molar-refractivity contribution in [3.63, 3.8) is 0 Å². The second kappa shape index (κ2) is 8.37. The molecule has 1 aromatic heterocycles. The van der Waals surface area contributed by atoms with Gasteiger partial charge in [0.15, 0.2) is 5.54 Å². The van der Waals surface area contributed by atoms with Crippen LogP contribution in [0.5, 0.6) is 0 Å². The Hall–Kier alpha value is -3.67. The number of hydrogen-bond donors (Lipinski definition) is 3. The Morgan fingerprint density at radius 1 is 0.833 bits per heavy atom. The fourth-order valence-corrected chi connectivity index (χ4v) is 3.50. The molecule has 30 heavy (non-hydrogen) atoms. The van der Waals surface area contributed by atoms with Crippen molar-refractivity contribution in [3.05, 3.63) is 84.7 Å². The molecule has 0 spiro atoms. The normalized spacial score (nSPS) is 13.2. The summed E-state index contributed by atoms with van der Waals surface area (Å²) in [5.41, 5.74) is 0.683. The van der Waals surface area contributed by atoms with E-state index in [4.69, 9.17) is 0 Å². The molecular formula is C24H25N3O3. The van der Waals surface area contributed by atoms with Crippen LogP contribution in [0.25, 0.3) is 11.1 Å². The van der Waals surface area contributed by atoms with E-state index in [-0.39, 0.29) is 0 Å². The number of nitrogens with one attached hydrogen (secondary N) is 2. The van der Waals surface area contributed by atoms with Gasteiger partial charge in [0.1, 0.15) is 0 Å². The standard InChI is InChI=1S/C24H25N3O3/c1-23(2,3)24(21(28)29,19-7-5-4-6-8-19)27-22(30)26-20-11-9-17(10-12-20)18-13-15-25-16-14-18/h4-16H,1-3H3,(H,28,29)(H2,26,27,30)/t24-/m1/s1. The first kappa shape index (κ1) is 21.0. The molecule has 0 aliphatic rings. The van der Waals surface area contributed by atoms with Gasteiger partial charge in [0.2, 0.25) is 0 Å². The molecule has 6 nitrogen and oxygen atoms in total. The Morgan fingerprint density at radius 2 is 1.40 bits per heavy atom. The van der Waals surface area contributed by atoms with E-state index >= 15 is 0 Å². The Balaban J connectivity index is 1.84. The van der Waals surface area contributed by atoms with Crippen LogP contribution in [0.2, 0.25) is 0 Å². The number of urea groups is 1. The summed E-state index contributed by atoms with van der Waals surface area (Å²) in [5.74, 6) is -1.12. The monoisotopic (exact) mass is 403 g/mol. The number of rotatable bonds is 5. The predicted molar refractivity (Wildman–Crippen MR) is 117 cm³/mol. The molecule has 0 fully saturated rings. The summed E-state index contributed by atoms with van der Waals surface area (Å²) in [6, 6.07) is 19.3. The molecule has 2 amide bonds. The molecule has 0 unspecified atom stereocenters. The predicted octanol–water partition coefficient (Wildman–Crippen LogP) is 4.90. The molecule has 0 saturated carbocycles. The van der Waals surface area contributed by atoms with Gasteiger partial charge < -0.3 is 15.7 Å². The van der Waals surface area contributed by atoms with Gasteiger partial charge in [-0.05, 0) is 41.0 Å². The highest BCUT2D eigenvalue weighted by Crippen LogP contribution is 2.40. The summed E-state index contributed by atoms with van der Waals surface area (Å²) in [6.07, 6.45) is 3.44. The van der Waals surface area contributed by atoms with Gasteiger partial charge in [-0.3, -0.25) is 4.98 Å². The van der Waals surface area contributed by atoms with Crippen molar-refractivity contribution in [2.24, 2.45) is 5.41 Å². The van der Waals surface area contributed by atoms with Gasteiger partial charge in [-0.2, -0.15) is 0 Å². The van der Waals surface area contributed by atoms with E-state index in [0.29, 0.717) is 11.3 Å². The molecule has 0 radical (unpaired) electrons. The molecule has 3 N–H and O–H groups in total. The highest BCUT2D eigenvalue weighted by molar-refractivity contribution is 5.95. The topological polar surface area (TPSA) is 91.3 Å². The van der Waals surface area contributed by atoms with Crippen molar-refractivity contribution < 1.29 is 14.7 Å². The molecule has 0 aliphatic heterocycles. The van der Waals surface area contributed by atoms with Crippen LogP contribution in [0.1, 0.15) is 26.3 Å². The highest BCUT2D eigenvalue weighted by Gasteiger charge is 2.51. The van der Waals surface area contributed by atoms with Crippen molar-refractivity contribution in [1.82, 2.24) is 10.3 Å². The van der Waals surface area contributed by atoms with Gasteiger partial charge >= 0.3 is 12.0 Å². The molecular weight excluding hydrogens is 378 g/mol. The van der Waals surface area contributed by atoms with Crippen molar-refractivity contribution in [2.75, 3.05) is 5.32 Å². The number of carbonyl (C=O) groups excluding carboxylic acids is 1. The lowest BCUT2D eigenvalue weighted by Crippen LogP contribution is -2.60. The lowest BCUT2D eigenvalue weighted by molar-refractivity contribution is -0.150. The van der Waals surface area contributed by atoms with Crippen LogP contribution in [0, 0.1) is 5.41 Å². The number of carbonyl (C=O) groups is 2. The summed E-state index contributed by atoms with van der Waals surface area (Å²) < 4.78 is 0. The van der Waals surface area contributed by atoms with E-state index in [1.807, 2.05) is 30.3 Å². The Morgan fingerprint density at radius 3 is 1.93 bits per heavy atom. The molecule has 1 atom stereocenters. The van der Waals surface area contributed by atoms with Gasteiger partial charge in [-0.15, -0.1) is 0 Å². The van der Waals surface area contributed by atoms with Gasteiger partial charge in [0, 0.05) is 23.5 Å². The van der Waals surface area contributed by atoms with E-state index in [1.54, 1.807) is 69.6 Å². The maximum Gasteiger partial charge on any atom is 0.334 e. The minimum Gasteiger partial charge on any atom is -0.479 e. The van der Waals surface area contributed by atoms with Crippen LogP contribution in [-0.2, 0) is 10.3 Å². The summed E-state index contributed by atoms with van der Waals surface area (Å²) in [6.45, 7) is 5.37. The first-order valence-electron chi connectivity index (χ1n) is 9.62. The number of amides is 2. The van der Waals surface area contributed by atoms with Crippen molar-refractivity contribution in [2.45, 2.75) is 26.3 Å². The molecule has 2 aromatic carbocycles. The van der Waals surface area contributed by atoms with Crippen LogP contribution in [0.4, 0.5) is 10.5 Å². The minimum atomic E-state index is -1.60. The van der Waals surface area contributed by atoms with Gasteiger partial charge in [0.25, 0.3) is 0 Å². The fraction of sp³-hybridized carbons (Fsp3) is 0.208. The largest absolute Gasteiger partial charge is 0.479 e. The highest BCUT2D eigenvalue weighted by atomic mass is 16.4. The lowest BCUT2D eigenvalue weighted by Gasteiger charge is -2.42. The SMILES string of the molecule is CC(C)(C)[C@](NC(=O)Nc1ccc(-c2ccncc2)cc1)(C(=O)O)c1ccccc1. The van der Waals surface area contributed by atoms with E-state index in [2.05, 4.69) is 15.6 Å². The Bertz CT molecular complexity index is 1010. The average molecular weight is 403 g/mol. The molecule has 154 valence electrons. The first-order valence-corrected chi connectivity index (χ1v) is 9.62. The number of aliphatic carboxylic acids is 1. The van der Waals surface area contributed by atoms with Crippen molar-refractivity contribution in [3.8, 4) is 11.1 Å². The van der Waals surface area contributed by atoms with E-state index in [9.17, 15) is 14.7 Å². The zero-order chi connectivity index (χ0) is 21.8. The van der Waals surface area contributed by atoms with E-state index < -0.39 is 23.0 Å². The minimum absolute atomic E-state index is 0.508. The van der Waals surface area contributed by atoms with Gasteiger partial charge in [-0.25, -0.2) is 9.59 Å². The van der Waals surface area contributed by atoms with Gasteiger partial charge in [-0.1, -0.05) is 63.2 Å². The molecule has 3 aromatic rings. The van der Waals surface area contributed by atoms with E-state index in [0.717, 1.165) is 11.1 Å². The number of carboxylic acids is 1. The average Bonchev–Trinajstić information content (AvgIpc) is 2.72. The fourth-order valence-electron chi connectivity index (χ4n) is 3.50. The van der Waals surface area contributed by atoms with Crippen molar-refractivity contribution >= 4 is 17.7 Å². The zero-order valence-corrected chi connectivity index (χ0v) is 17.2. The summed E-state index contributed by atoms with van der Waals surface area (Å²) in [5, 5.41) is 15.6. The number of hydrogen-bond acceptors (Lipinski definition) is 3. The lowest BCUT2D eigenvalue weighted by atomic mass is 9.69. The van der Waals surface area contributed by atoms with Crippen LogP contribution in [0.3, 0.4) is 0 Å². The Labute approximate surface area is 176 Å². The third kappa shape index (κ3) is 4.17. The molecule has 0 aliphatic carbocycles. The quantitative estimate of drug-likeness (QED) is 0.565. The number of carboxylic acid groups (broad SMARTS) is 1. The molecule has 1 heterocycles. The summed E-state index contributed by atoms with van der Waals surface area (Å²) in [7, 11) is 0. The van der Waals surface area contributed by atoms with E-state index in [1.165, 1.54) is 0 Å². The maximum absolute atomic E-state index is 12.8. The zero-order valence-electron chi connectivity index (χ0n) is 17.2. The summed E-state index contributed by atoms with van der Waals surface area (Å²) in [4.78, 5) is 29.2. The summed E-state index contributed by atoms with van der Waals surface area (Å²) >= 11 is 0. The van der Waals surface area contributed by atoms with Crippen LogP contribution < -0.4 is 10.6 Å². The second-order valence-electron chi connectivity index (χ2n) is 8.06. The number of benzene rings is 2. The third-order valence-corrected chi connectivity index (χ3v) is 5.11. The first-order chi connectivity index (χ1) is 14.2. The molecule has 6 heteroatoms. The Kier molecular flexibility index (Phi) is 5.87. The van der Waals surface area contributed by atoms with Crippen molar-refractivity contribution in [1.29, 1.82) is 0 Å².